The molecule has 0 aliphatic heterocycles. The lowest BCUT2D eigenvalue weighted by Crippen LogP contribution is -2.21. The molecule has 1 nitrogen and oxygen atoms in total. The van der Waals surface area contributed by atoms with E-state index in [1.807, 2.05) is 0 Å². The maximum atomic E-state index is 12.9. The Balaban J connectivity index is 1.99. The molecule has 0 aromatic heterocycles. The largest absolute Gasteiger partial charge is 0.388 e. The first-order valence-corrected chi connectivity index (χ1v) is 7.14. The molecule has 1 aromatic rings. The molecular formula is C16H23FO. The van der Waals surface area contributed by atoms with Gasteiger partial charge in [0, 0.05) is 0 Å². The van der Waals surface area contributed by atoms with Gasteiger partial charge in [0.25, 0.3) is 0 Å². The van der Waals surface area contributed by atoms with Crippen molar-refractivity contribution in [3.63, 3.8) is 0 Å². The second kappa shape index (κ2) is 6.33. The van der Waals surface area contributed by atoms with Gasteiger partial charge in [0.2, 0.25) is 0 Å². The van der Waals surface area contributed by atoms with Gasteiger partial charge in [-0.1, -0.05) is 44.7 Å². The lowest BCUT2D eigenvalue weighted by molar-refractivity contribution is 0.0667. The zero-order valence-corrected chi connectivity index (χ0v) is 11.1. The summed E-state index contributed by atoms with van der Waals surface area (Å²) in [6.45, 7) is 2.22. The molecular weight excluding hydrogens is 227 g/mol. The van der Waals surface area contributed by atoms with Crippen molar-refractivity contribution in [2.45, 2.75) is 51.6 Å². The van der Waals surface area contributed by atoms with Crippen molar-refractivity contribution >= 4 is 0 Å². The molecule has 0 unspecified atom stereocenters. The normalized spacial score (nSPS) is 25.9. The van der Waals surface area contributed by atoms with Crippen molar-refractivity contribution in [1.82, 2.24) is 0 Å². The Morgan fingerprint density at radius 1 is 1.28 bits per heavy atom. The van der Waals surface area contributed by atoms with Gasteiger partial charge in [-0.3, -0.25) is 0 Å². The van der Waals surface area contributed by atoms with Crippen LogP contribution in [-0.2, 0) is 0 Å². The fourth-order valence-electron chi connectivity index (χ4n) is 3.22. The summed E-state index contributed by atoms with van der Waals surface area (Å²) >= 11 is 0. The predicted molar refractivity (Wildman–Crippen MR) is 71.7 cm³/mol. The van der Waals surface area contributed by atoms with Crippen LogP contribution in [0.1, 0.15) is 57.1 Å². The Labute approximate surface area is 109 Å². The van der Waals surface area contributed by atoms with Crippen LogP contribution in [0.5, 0.6) is 0 Å². The number of aliphatic hydroxyl groups is 1. The first-order chi connectivity index (χ1) is 8.70. The molecule has 2 rings (SSSR count). The van der Waals surface area contributed by atoms with E-state index < -0.39 is 6.10 Å². The van der Waals surface area contributed by atoms with Crippen molar-refractivity contribution in [3.8, 4) is 0 Å². The number of rotatable bonds is 4. The zero-order valence-electron chi connectivity index (χ0n) is 11.1. The molecule has 2 heteroatoms. The Morgan fingerprint density at radius 3 is 2.67 bits per heavy atom. The summed E-state index contributed by atoms with van der Waals surface area (Å²) in [5.41, 5.74) is 0.860. The van der Waals surface area contributed by atoms with E-state index in [0.29, 0.717) is 5.92 Å². The minimum atomic E-state index is -0.426. The molecule has 0 radical (unpaired) electrons. The average molecular weight is 250 g/mol. The average Bonchev–Trinajstić information content (AvgIpc) is 2.39. The Morgan fingerprint density at radius 2 is 2.00 bits per heavy atom. The van der Waals surface area contributed by atoms with Gasteiger partial charge in [-0.05, 0) is 42.4 Å². The monoisotopic (exact) mass is 250 g/mol. The number of hydrogen-bond acceptors (Lipinski definition) is 1. The van der Waals surface area contributed by atoms with Crippen molar-refractivity contribution < 1.29 is 9.50 Å². The second-order valence-corrected chi connectivity index (χ2v) is 5.58. The Kier molecular flexibility index (Phi) is 4.76. The molecule has 0 heterocycles. The molecule has 0 saturated heterocycles. The highest BCUT2D eigenvalue weighted by molar-refractivity contribution is 5.19. The molecule has 1 fully saturated rings. The van der Waals surface area contributed by atoms with Crippen LogP contribution in [0.4, 0.5) is 4.39 Å². The Bertz CT molecular complexity index is 358. The van der Waals surface area contributed by atoms with Gasteiger partial charge < -0.3 is 5.11 Å². The first kappa shape index (κ1) is 13.5. The zero-order chi connectivity index (χ0) is 13.0. The van der Waals surface area contributed by atoms with E-state index in [4.69, 9.17) is 0 Å². The highest BCUT2D eigenvalue weighted by Crippen LogP contribution is 2.38. The summed E-state index contributed by atoms with van der Waals surface area (Å²) in [7, 11) is 0. The molecule has 1 saturated carbocycles. The van der Waals surface area contributed by atoms with Crippen LogP contribution >= 0.6 is 0 Å². The lowest BCUT2D eigenvalue weighted by Gasteiger charge is -2.32. The highest BCUT2D eigenvalue weighted by atomic mass is 19.1. The van der Waals surface area contributed by atoms with Crippen LogP contribution in [0.25, 0.3) is 0 Å². The molecule has 1 N–H and O–H groups in total. The van der Waals surface area contributed by atoms with Gasteiger partial charge in [-0.15, -0.1) is 0 Å². The van der Waals surface area contributed by atoms with Gasteiger partial charge in [-0.25, -0.2) is 4.39 Å². The van der Waals surface area contributed by atoms with E-state index in [1.54, 1.807) is 12.1 Å². The van der Waals surface area contributed by atoms with Crippen molar-refractivity contribution in [2.75, 3.05) is 0 Å². The summed E-state index contributed by atoms with van der Waals surface area (Å²) in [5.74, 6) is 0.878. The van der Waals surface area contributed by atoms with Gasteiger partial charge >= 0.3 is 0 Å². The minimum Gasteiger partial charge on any atom is -0.388 e. The van der Waals surface area contributed by atoms with E-state index in [9.17, 15) is 9.50 Å². The quantitative estimate of drug-likeness (QED) is 0.836. The van der Waals surface area contributed by atoms with Crippen LogP contribution in [0.15, 0.2) is 24.3 Å². The van der Waals surface area contributed by atoms with Crippen LogP contribution in [0.3, 0.4) is 0 Å². The highest BCUT2D eigenvalue weighted by Gasteiger charge is 2.27. The van der Waals surface area contributed by atoms with E-state index in [1.165, 1.54) is 37.8 Å². The smallest absolute Gasteiger partial charge is 0.123 e. The third kappa shape index (κ3) is 3.32. The fourth-order valence-corrected chi connectivity index (χ4v) is 3.22. The summed E-state index contributed by atoms with van der Waals surface area (Å²) < 4.78 is 12.9. The van der Waals surface area contributed by atoms with E-state index in [2.05, 4.69) is 6.92 Å². The van der Waals surface area contributed by atoms with Crippen LogP contribution in [-0.4, -0.2) is 5.11 Å². The minimum absolute atomic E-state index is 0.238. The maximum Gasteiger partial charge on any atom is 0.123 e. The van der Waals surface area contributed by atoms with Gasteiger partial charge in [0.05, 0.1) is 6.10 Å². The number of benzene rings is 1. The molecule has 100 valence electrons. The molecule has 1 aliphatic rings. The molecule has 0 spiro atoms. The topological polar surface area (TPSA) is 20.2 Å². The van der Waals surface area contributed by atoms with Crippen molar-refractivity contribution in [2.24, 2.45) is 11.8 Å². The van der Waals surface area contributed by atoms with Crippen molar-refractivity contribution in [3.05, 3.63) is 35.6 Å². The SMILES string of the molecule is CCC[C@H]1CCC[C@H]([C@H](O)c2ccc(F)cc2)C1. The standard InChI is InChI=1S/C16H23FO/c1-2-4-12-5-3-6-14(11-12)16(18)13-7-9-15(17)10-8-13/h7-10,12,14,16,18H,2-6,11H2,1H3/t12-,14-,16+/m0/s1. The van der Waals surface area contributed by atoms with Crippen molar-refractivity contribution in [1.29, 1.82) is 0 Å². The molecule has 18 heavy (non-hydrogen) atoms. The van der Waals surface area contributed by atoms with Crippen LogP contribution in [0, 0.1) is 17.7 Å². The molecule has 1 aliphatic carbocycles. The molecule has 3 atom stereocenters. The fraction of sp³-hybridized carbons (Fsp3) is 0.625. The Hall–Kier alpha value is -0.890. The van der Waals surface area contributed by atoms with E-state index in [-0.39, 0.29) is 5.82 Å². The first-order valence-electron chi connectivity index (χ1n) is 7.14. The molecule has 1 aromatic carbocycles. The predicted octanol–water partition coefficient (Wildman–Crippen LogP) is 4.47. The lowest BCUT2D eigenvalue weighted by atomic mass is 9.76. The summed E-state index contributed by atoms with van der Waals surface area (Å²) in [5, 5.41) is 10.4. The summed E-state index contributed by atoms with van der Waals surface area (Å²) in [6, 6.07) is 6.29. The van der Waals surface area contributed by atoms with Gasteiger partial charge in [0.1, 0.15) is 5.82 Å². The second-order valence-electron chi connectivity index (χ2n) is 5.58. The number of halogens is 1. The maximum absolute atomic E-state index is 12.9. The number of hydrogen-bond donors (Lipinski definition) is 1. The molecule has 0 amide bonds. The third-order valence-electron chi connectivity index (χ3n) is 4.18. The van der Waals surface area contributed by atoms with Crippen LogP contribution < -0.4 is 0 Å². The van der Waals surface area contributed by atoms with E-state index in [0.717, 1.165) is 24.3 Å². The van der Waals surface area contributed by atoms with Gasteiger partial charge in [-0.2, -0.15) is 0 Å². The van der Waals surface area contributed by atoms with Gasteiger partial charge in [0.15, 0.2) is 0 Å². The summed E-state index contributed by atoms with van der Waals surface area (Å²) in [4.78, 5) is 0. The van der Waals surface area contributed by atoms with E-state index >= 15 is 0 Å². The molecule has 0 bridgehead atoms. The van der Waals surface area contributed by atoms with Crippen LogP contribution in [0.2, 0.25) is 0 Å². The summed E-state index contributed by atoms with van der Waals surface area (Å²) in [6.07, 6.45) is 6.81. The number of aliphatic hydroxyl groups excluding tert-OH is 1. The third-order valence-corrected chi connectivity index (χ3v) is 4.18.